The summed E-state index contributed by atoms with van der Waals surface area (Å²) >= 11 is 0. The lowest BCUT2D eigenvalue weighted by Crippen LogP contribution is -2.41. The summed E-state index contributed by atoms with van der Waals surface area (Å²) in [5.74, 6) is 1.45. The van der Waals surface area contributed by atoms with Gasteiger partial charge in [0.15, 0.2) is 0 Å². The Hall–Kier alpha value is -1.12. The van der Waals surface area contributed by atoms with Crippen LogP contribution in [0.4, 0.5) is 0 Å². The summed E-state index contributed by atoms with van der Waals surface area (Å²) < 4.78 is 0. The summed E-state index contributed by atoms with van der Waals surface area (Å²) in [7, 11) is 0. The number of hydrogen-bond donors (Lipinski definition) is 0. The minimum Gasteiger partial charge on any atom is -0.343 e. The molecule has 1 heterocycles. The zero-order valence-electron chi connectivity index (χ0n) is 11.4. The largest absolute Gasteiger partial charge is 0.343 e. The van der Waals surface area contributed by atoms with Crippen LogP contribution in [-0.2, 0) is 9.59 Å². The Morgan fingerprint density at radius 2 is 1.72 bits per heavy atom. The van der Waals surface area contributed by atoms with Crippen molar-refractivity contribution in [1.82, 2.24) is 4.90 Å². The number of amides is 1. The zero-order chi connectivity index (χ0) is 13.1. The quantitative estimate of drug-likeness (QED) is 0.705. The average Bonchev–Trinajstić information content (AvgIpc) is 2.38. The highest BCUT2D eigenvalue weighted by atomic mass is 16.2. The lowest BCUT2D eigenvalue weighted by molar-refractivity contribution is -0.135. The zero-order valence-corrected chi connectivity index (χ0v) is 11.4. The Bertz CT molecular complexity index is 354. The molecule has 0 aromatic rings. The van der Waals surface area contributed by atoms with Gasteiger partial charge in [0.2, 0.25) is 5.91 Å². The van der Waals surface area contributed by atoms with E-state index in [-0.39, 0.29) is 17.7 Å². The van der Waals surface area contributed by atoms with Crippen molar-refractivity contribution < 1.29 is 9.59 Å². The SMILES string of the molecule is CC(=O)N1CCC(C(=O)C2CC=CCC2C)CC1. The molecule has 3 heteroatoms. The molecule has 0 saturated carbocycles. The number of nitrogens with zero attached hydrogens (tertiary/aromatic N) is 1. The molecule has 0 spiro atoms. The van der Waals surface area contributed by atoms with Crippen LogP contribution in [0, 0.1) is 17.8 Å². The molecule has 0 aromatic carbocycles. The maximum Gasteiger partial charge on any atom is 0.219 e. The topological polar surface area (TPSA) is 37.4 Å². The molecule has 1 aliphatic heterocycles. The smallest absolute Gasteiger partial charge is 0.219 e. The second kappa shape index (κ2) is 5.68. The minimum absolute atomic E-state index is 0.134. The molecule has 0 bridgehead atoms. The van der Waals surface area contributed by atoms with E-state index < -0.39 is 0 Å². The lowest BCUT2D eigenvalue weighted by Gasteiger charge is -2.34. The van der Waals surface area contributed by atoms with Gasteiger partial charge in [-0.3, -0.25) is 9.59 Å². The van der Waals surface area contributed by atoms with Gasteiger partial charge in [-0.1, -0.05) is 19.1 Å². The molecule has 2 unspecified atom stereocenters. The molecule has 100 valence electrons. The molecule has 2 rings (SSSR count). The highest BCUT2D eigenvalue weighted by molar-refractivity contribution is 5.84. The fourth-order valence-electron chi connectivity index (χ4n) is 3.13. The first-order valence-electron chi connectivity index (χ1n) is 7.04. The maximum atomic E-state index is 12.5. The van der Waals surface area contributed by atoms with Crippen LogP contribution in [0.3, 0.4) is 0 Å². The van der Waals surface area contributed by atoms with Gasteiger partial charge < -0.3 is 4.90 Å². The van der Waals surface area contributed by atoms with Crippen molar-refractivity contribution in [3.63, 3.8) is 0 Å². The predicted molar refractivity (Wildman–Crippen MR) is 71.0 cm³/mol. The second-order valence-corrected chi connectivity index (χ2v) is 5.71. The first kappa shape index (κ1) is 13.3. The van der Waals surface area contributed by atoms with E-state index in [4.69, 9.17) is 0 Å². The van der Waals surface area contributed by atoms with Crippen molar-refractivity contribution in [2.24, 2.45) is 17.8 Å². The number of allylic oxidation sites excluding steroid dienone is 2. The van der Waals surface area contributed by atoms with E-state index in [0.29, 0.717) is 11.7 Å². The van der Waals surface area contributed by atoms with Crippen molar-refractivity contribution >= 4 is 11.7 Å². The molecule has 18 heavy (non-hydrogen) atoms. The predicted octanol–water partition coefficient (Wildman–Crippen LogP) is 2.42. The van der Waals surface area contributed by atoms with Gasteiger partial charge in [-0.05, 0) is 31.6 Å². The normalized spacial score (nSPS) is 29.3. The number of Topliss-reactive ketones (excluding diaryl/α,β-unsaturated/α-hetero) is 1. The van der Waals surface area contributed by atoms with Crippen LogP contribution in [0.15, 0.2) is 12.2 Å². The van der Waals surface area contributed by atoms with Crippen molar-refractivity contribution in [2.45, 2.75) is 39.5 Å². The van der Waals surface area contributed by atoms with E-state index in [9.17, 15) is 9.59 Å². The Kier molecular flexibility index (Phi) is 4.20. The Morgan fingerprint density at radius 3 is 2.28 bits per heavy atom. The van der Waals surface area contributed by atoms with Crippen LogP contribution in [0.1, 0.15) is 39.5 Å². The van der Waals surface area contributed by atoms with Crippen LogP contribution in [-0.4, -0.2) is 29.7 Å². The summed E-state index contributed by atoms with van der Waals surface area (Å²) in [6.45, 7) is 5.29. The third-order valence-corrected chi connectivity index (χ3v) is 4.46. The van der Waals surface area contributed by atoms with Crippen molar-refractivity contribution in [2.75, 3.05) is 13.1 Å². The number of piperidine rings is 1. The molecule has 1 aliphatic carbocycles. The van der Waals surface area contributed by atoms with Crippen molar-refractivity contribution in [1.29, 1.82) is 0 Å². The van der Waals surface area contributed by atoms with Gasteiger partial charge in [0, 0.05) is 31.8 Å². The summed E-state index contributed by atoms with van der Waals surface area (Å²) in [6, 6.07) is 0. The fraction of sp³-hybridized carbons (Fsp3) is 0.733. The van der Waals surface area contributed by atoms with Gasteiger partial charge in [0.25, 0.3) is 0 Å². The van der Waals surface area contributed by atoms with Crippen LogP contribution in [0.5, 0.6) is 0 Å². The molecule has 0 N–H and O–H groups in total. The van der Waals surface area contributed by atoms with Gasteiger partial charge in [-0.2, -0.15) is 0 Å². The van der Waals surface area contributed by atoms with Gasteiger partial charge in [0.1, 0.15) is 5.78 Å². The van der Waals surface area contributed by atoms with Crippen molar-refractivity contribution in [3.8, 4) is 0 Å². The van der Waals surface area contributed by atoms with Gasteiger partial charge >= 0.3 is 0 Å². The van der Waals surface area contributed by atoms with E-state index >= 15 is 0 Å². The fourth-order valence-corrected chi connectivity index (χ4v) is 3.13. The van der Waals surface area contributed by atoms with Crippen LogP contribution < -0.4 is 0 Å². The minimum atomic E-state index is 0.134. The van der Waals surface area contributed by atoms with Crippen LogP contribution in [0.2, 0.25) is 0 Å². The van der Waals surface area contributed by atoms with E-state index in [1.165, 1.54) is 0 Å². The third-order valence-electron chi connectivity index (χ3n) is 4.46. The lowest BCUT2D eigenvalue weighted by atomic mass is 9.75. The molecule has 2 aliphatic rings. The number of likely N-dealkylation sites (tertiary alicyclic amines) is 1. The molecule has 2 atom stereocenters. The van der Waals surface area contributed by atoms with E-state index in [2.05, 4.69) is 19.1 Å². The Labute approximate surface area is 109 Å². The molecule has 0 radical (unpaired) electrons. The number of carbonyl (C=O) groups excluding carboxylic acids is 2. The number of carbonyl (C=O) groups is 2. The van der Waals surface area contributed by atoms with Gasteiger partial charge in [0.05, 0.1) is 0 Å². The van der Waals surface area contributed by atoms with E-state index in [0.717, 1.165) is 38.8 Å². The van der Waals surface area contributed by atoms with E-state index in [1.807, 2.05) is 4.90 Å². The van der Waals surface area contributed by atoms with Crippen LogP contribution >= 0.6 is 0 Å². The summed E-state index contributed by atoms with van der Waals surface area (Å²) in [5.41, 5.74) is 0. The molecule has 1 fully saturated rings. The Balaban J connectivity index is 1.91. The summed E-state index contributed by atoms with van der Waals surface area (Å²) in [4.78, 5) is 25.6. The standard InChI is InChI=1S/C15H23NO2/c1-11-5-3-4-6-14(11)15(18)13-7-9-16(10-8-13)12(2)17/h3-4,11,13-14H,5-10H2,1-2H3. The second-order valence-electron chi connectivity index (χ2n) is 5.71. The number of hydrogen-bond acceptors (Lipinski definition) is 2. The summed E-state index contributed by atoms with van der Waals surface area (Å²) in [5, 5.41) is 0. The Morgan fingerprint density at radius 1 is 1.11 bits per heavy atom. The van der Waals surface area contributed by atoms with Crippen LogP contribution in [0.25, 0.3) is 0 Å². The molecular weight excluding hydrogens is 226 g/mol. The van der Waals surface area contributed by atoms with Gasteiger partial charge in [-0.25, -0.2) is 0 Å². The first-order valence-corrected chi connectivity index (χ1v) is 7.04. The van der Waals surface area contributed by atoms with E-state index in [1.54, 1.807) is 6.92 Å². The maximum absolute atomic E-state index is 12.5. The average molecular weight is 249 g/mol. The third kappa shape index (κ3) is 2.82. The number of rotatable bonds is 2. The highest BCUT2D eigenvalue weighted by Crippen LogP contribution is 2.31. The monoisotopic (exact) mass is 249 g/mol. The van der Waals surface area contributed by atoms with Crippen molar-refractivity contribution in [3.05, 3.63) is 12.2 Å². The molecule has 0 aromatic heterocycles. The molecule has 1 saturated heterocycles. The highest BCUT2D eigenvalue weighted by Gasteiger charge is 2.33. The molecule has 3 nitrogen and oxygen atoms in total. The molecule has 1 amide bonds. The van der Waals surface area contributed by atoms with Gasteiger partial charge in [-0.15, -0.1) is 0 Å². The number of ketones is 1. The summed E-state index contributed by atoms with van der Waals surface area (Å²) in [6.07, 6.45) is 7.98. The molecular formula is C15H23NO2. The first-order chi connectivity index (χ1) is 8.59.